The van der Waals surface area contributed by atoms with E-state index in [1.807, 2.05) is 30.5 Å². The monoisotopic (exact) mass is 319 g/mol. The third kappa shape index (κ3) is 4.46. The first-order valence-corrected chi connectivity index (χ1v) is 8.00. The van der Waals surface area contributed by atoms with Gasteiger partial charge >= 0.3 is 6.03 Å². The molecule has 0 radical (unpaired) electrons. The summed E-state index contributed by atoms with van der Waals surface area (Å²) in [5.41, 5.74) is 1.76. The Bertz CT molecular complexity index is 614. The van der Waals surface area contributed by atoms with Crippen LogP contribution < -0.4 is 10.1 Å². The van der Waals surface area contributed by atoms with Crippen molar-refractivity contribution in [1.82, 2.24) is 15.2 Å². The lowest BCUT2D eigenvalue weighted by molar-refractivity contribution is 0.209. The number of urea groups is 1. The fraction of sp³-hybridized carbons (Fsp3) is 0.375. The van der Waals surface area contributed by atoms with Gasteiger partial charge in [-0.2, -0.15) is 0 Å². The molecular weight excluding hydrogens is 298 g/mol. The van der Waals surface area contributed by atoms with Crippen molar-refractivity contribution >= 4 is 17.4 Å². The first-order chi connectivity index (χ1) is 10.6. The topological polar surface area (TPSA) is 54.5 Å². The third-order valence-corrected chi connectivity index (χ3v) is 4.26. The number of aryl methyl sites for hydroxylation is 1. The van der Waals surface area contributed by atoms with E-state index in [-0.39, 0.29) is 6.03 Å². The molecule has 0 aliphatic heterocycles. The van der Waals surface area contributed by atoms with Gasteiger partial charge in [0.05, 0.1) is 7.11 Å². The maximum Gasteiger partial charge on any atom is 0.317 e. The maximum atomic E-state index is 12.1. The maximum absolute atomic E-state index is 12.1. The van der Waals surface area contributed by atoms with Crippen LogP contribution in [0.4, 0.5) is 4.79 Å². The van der Waals surface area contributed by atoms with E-state index in [4.69, 9.17) is 4.74 Å². The van der Waals surface area contributed by atoms with Gasteiger partial charge in [0.1, 0.15) is 0 Å². The summed E-state index contributed by atoms with van der Waals surface area (Å²) >= 11 is 1.71. The fourth-order valence-corrected chi connectivity index (χ4v) is 2.71. The zero-order valence-electron chi connectivity index (χ0n) is 13.1. The predicted octanol–water partition coefficient (Wildman–Crippen LogP) is 2.84. The highest BCUT2D eigenvalue weighted by Gasteiger charge is 2.11. The lowest BCUT2D eigenvalue weighted by Crippen LogP contribution is -2.38. The Kier molecular flexibility index (Phi) is 5.77. The number of likely N-dealkylation sites (N-methyl/N-ethyl adjacent to an activating group) is 1. The van der Waals surface area contributed by atoms with Gasteiger partial charge in [-0.25, -0.2) is 9.78 Å². The largest absolute Gasteiger partial charge is 0.481 e. The molecule has 6 heteroatoms. The minimum absolute atomic E-state index is 0.0980. The molecule has 2 aromatic rings. The van der Waals surface area contributed by atoms with Crippen LogP contribution in [0.15, 0.2) is 29.6 Å². The summed E-state index contributed by atoms with van der Waals surface area (Å²) in [6, 6.07) is 7.84. The van der Waals surface area contributed by atoms with Crippen LogP contribution in [-0.2, 0) is 13.0 Å². The molecule has 0 aromatic carbocycles. The van der Waals surface area contributed by atoms with Crippen molar-refractivity contribution in [2.45, 2.75) is 19.9 Å². The molecule has 0 atom stereocenters. The summed E-state index contributed by atoms with van der Waals surface area (Å²) in [5.74, 6) is 0.557. The molecule has 2 aromatic heterocycles. The summed E-state index contributed by atoms with van der Waals surface area (Å²) in [6.07, 6.45) is 0.872. The standard InChI is InChI=1S/C16H21N3O2S/c1-12-6-7-13(15(18-12)21-3)11-17-16(20)19(2)9-8-14-5-4-10-22-14/h4-7,10H,8-9,11H2,1-3H3,(H,17,20). The van der Waals surface area contributed by atoms with Crippen molar-refractivity contribution in [3.05, 3.63) is 45.8 Å². The van der Waals surface area contributed by atoms with Gasteiger partial charge in [0.2, 0.25) is 5.88 Å². The molecule has 1 N–H and O–H groups in total. The number of nitrogens with one attached hydrogen (secondary N) is 1. The number of nitrogens with zero attached hydrogens (tertiary/aromatic N) is 2. The molecule has 0 fully saturated rings. The van der Waals surface area contributed by atoms with Crippen molar-refractivity contribution < 1.29 is 9.53 Å². The number of carbonyl (C=O) groups excluding carboxylic acids is 1. The molecule has 0 spiro atoms. The third-order valence-electron chi connectivity index (χ3n) is 3.32. The SMILES string of the molecule is COc1nc(C)ccc1CNC(=O)N(C)CCc1cccs1. The summed E-state index contributed by atoms with van der Waals surface area (Å²) in [5, 5.41) is 4.94. The average molecular weight is 319 g/mol. The van der Waals surface area contributed by atoms with Crippen LogP contribution in [0.3, 0.4) is 0 Å². The van der Waals surface area contributed by atoms with Crippen molar-refractivity contribution in [3.63, 3.8) is 0 Å². The minimum atomic E-state index is -0.0980. The van der Waals surface area contributed by atoms with Crippen LogP contribution in [0.1, 0.15) is 16.1 Å². The van der Waals surface area contributed by atoms with E-state index in [0.717, 1.165) is 17.7 Å². The molecule has 0 saturated carbocycles. The summed E-state index contributed by atoms with van der Waals surface area (Å²) in [4.78, 5) is 19.4. The first-order valence-electron chi connectivity index (χ1n) is 7.12. The number of hydrogen-bond donors (Lipinski definition) is 1. The number of carbonyl (C=O) groups is 1. The number of hydrogen-bond acceptors (Lipinski definition) is 4. The first kappa shape index (κ1) is 16.3. The Morgan fingerprint density at radius 1 is 1.41 bits per heavy atom. The average Bonchev–Trinajstić information content (AvgIpc) is 3.04. The zero-order chi connectivity index (χ0) is 15.9. The summed E-state index contributed by atoms with van der Waals surface area (Å²) in [6.45, 7) is 3.00. The number of amides is 2. The van der Waals surface area contributed by atoms with Gasteiger partial charge in [-0.1, -0.05) is 12.1 Å². The molecule has 0 aliphatic rings. The minimum Gasteiger partial charge on any atom is -0.481 e. The van der Waals surface area contributed by atoms with Gasteiger partial charge in [-0.15, -0.1) is 11.3 Å². The van der Waals surface area contributed by atoms with E-state index >= 15 is 0 Å². The normalized spacial score (nSPS) is 10.3. The van der Waals surface area contributed by atoms with Crippen LogP contribution in [0.25, 0.3) is 0 Å². The van der Waals surface area contributed by atoms with Gasteiger partial charge in [0.15, 0.2) is 0 Å². The van der Waals surface area contributed by atoms with Gasteiger partial charge < -0.3 is 15.0 Å². The van der Waals surface area contributed by atoms with Crippen molar-refractivity contribution in [1.29, 1.82) is 0 Å². The Morgan fingerprint density at radius 2 is 2.23 bits per heavy atom. The van der Waals surface area contributed by atoms with Crippen molar-refractivity contribution in [3.8, 4) is 5.88 Å². The smallest absolute Gasteiger partial charge is 0.317 e. The Morgan fingerprint density at radius 3 is 2.91 bits per heavy atom. The molecule has 118 valence electrons. The van der Waals surface area contributed by atoms with Crippen LogP contribution in [-0.4, -0.2) is 36.6 Å². The van der Waals surface area contributed by atoms with E-state index in [0.29, 0.717) is 19.0 Å². The number of thiophene rings is 1. The van der Waals surface area contributed by atoms with Crippen molar-refractivity contribution in [2.24, 2.45) is 0 Å². The van der Waals surface area contributed by atoms with Crippen LogP contribution in [0, 0.1) is 6.92 Å². The van der Waals surface area contributed by atoms with Crippen LogP contribution in [0.5, 0.6) is 5.88 Å². The van der Waals surface area contributed by atoms with Gasteiger partial charge in [0.25, 0.3) is 0 Å². The Hall–Kier alpha value is -2.08. The summed E-state index contributed by atoms with van der Waals surface area (Å²) < 4.78 is 5.24. The van der Waals surface area contributed by atoms with E-state index in [1.165, 1.54) is 4.88 Å². The fourth-order valence-electron chi connectivity index (χ4n) is 2.01. The zero-order valence-corrected chi connectivity index (χ0v) is 13.9. The quantitative estimate of drug-likeness (QED) is 0.891. The highest BCUT2D eigenvalue weighted by Crippen LogP contribution is 2.15. The predicted molar refractivity (Wildman–Crippen MR) is 88.4 cm³/mol. The van der Waals surface area contributed by atoms with Crippen LogP contribution >= 0.6 is 11.3 Å². The molecule has 0 saturated heterocycles. The molecular formula is C16H21N3O2S. The highest BCUT2D eigenvalue weighted by atomic mass is 32.1. The molecule has 0 bridgehead atoms. The van der Waals surface area contributed by atoms with E-state index in [2.05, 4.69) is 16.4 Å². The molecule has 2 rings (SSSR count). The molecule has 2 amide bonds. The number of ether oxygens (including phenoxy) is 1. The molecule has 5 nitrogen and oxygen atoms in total. The lowest BCUT2D eigenvalue weighted by atomic mass is 10.2. The Labute approximate surface area is 134 Å². The van der Waals surface area contributed by atoms with Gasteiger partial charge in [-0.05, 0) is 30.9 Å². The number of rotatable bonds is 6. The van der Waals surface area contributed by atoms with Crippen LogP contribution in [0.2, 0.25) is 0 Å². The molecule has 0 aliphatic carbocycles. The number of methoxy groups -OCH3 is 1. The second-order valence-corrected chi connectivity index (χ2v) is 6.06. The molecule has 22 heavy (non-hydrogen) atoms. The van der Waals surface area contributed by atoms with E-state index in [9.17, 15) is 4.79 Å². The second kappa shape index (κ2) is 7.79. The Balaban J connectivity index is 1.84. The second-order valence-electron chi connectivity index (χ2n) is 5.03. The lowest BCUT2D eigenvalue weighted by Gasteiger charge is -2.18. The number of pyridine rings is 1. The van der Waals surface area contributed by atoms with Crippen molar-refractivity contribution in [2.75, 3.05) is 20.7 Å². The van der Waals surface area contributed by atoms with E-state index < -0.39 is 0 Å². The van der Waals surface area contributed by atoms with Gasteiger partial charge in [-0.3, -0.25) is 0 Å². The highest BCUT2D eigenvalue weighted by molar-refractivity contribution is 7.09. The van der Waals surface area contributed by atoms with Gasteiger partial charge in [0, 0.05) is 36.3 Å². The number of aromatic nitrogens is 1. The summed E-state index contributed by atoms with van der Waals surface area (Å²) in [7, 11) is 3.38. The molecule has 0 unspecified atom stereocenters. The molecule has 2 heterocycles. The van der Waals surface area contributed by atoms with E-state index in [1.54, 1.807) is 30.4 Å².